The zero-order valence-electron chi connectivity index (χ0n) is 12.1. The molecule has 0 saturated heterocycles. The van der Waals surface area contributed by atoms with E-state index in [-0.39, 0.29) is 5.41 Å². The highest BCUT2D eigenvalue weighted by Crippen LogP contribution is 2.42. The lowest BCUT2D eigenvalue weighted by Crippen LogP contribution is -2.14. The fourth-order valence-corrected chi connectivity index (χ4v) is 2.52. The van der Waals surface area contributed by atoms with Crippen LogP contribution in [0.3, 0.4) is 0 Å². The number of hydrogen-bond donors (Lipinski definition) is 1. The number of rotatable bonds is 4. The summed E-state index contributed by atoms with van der Waals surface area (Å²) in [5, 5.41) is 0. The molecule has 1 aromatic rings. The molecule has 3 nitrogen and oxygen atoms in total. The van der Waals surface area contributed by atoms with Gasteiger partial charge in [0.25, 0.3) is 0 Å². The first-order valence-electron chi connectivity index (χ1n) is 6.17. The maximum absolute atomic E-state index is 9.71. The van der Waals surface area contributed by atoms with Crippen molar-refractivity contribution in [2.45, 2.75) is 47.0 Å². The van der Waals surface area contributed by atoms with Crippen molar-refractivity contribution in [1.29, 1.82) is 0 Å². The van der Waals surface area contributed by atoms with Crippen molar-refractivity contribution in [3.8, 4) is 5.75 Å². The van der Waals surface area contributed by atoms with Crippen molar-refractivity contribution in [2.75, 3.05) is 6.61 Å². The molecule has 18 heavy (non-hydrogen) atoms. The fraction of sp³-hybridized carbons (Fsp3) is 0.571. The molecule has 0 aliphatic rings. The molecule has 1 N–H and O–H groups in total. The predicted molar refractivity (Wildman–Crippen MR) is 76.0 cm³/mol. The summed E-state index contributed by atoms with van der Waals surface area (Å²) < 4.78 is 10.7. The second-order valence-electron chi connectivity index (χ2n) is 5.46. The van der Waals surface area contributed by atoms with Crippen LogP contribution in [-0.4, -0.2) is 11.5 Å². The molecular formula is C14H23O3P. The molecule has 0 spiro atoms. The van der Waals surface area contributed by atoms with E-state index >= 15 is 0 Å². The highest BCUT2D eigenvalue weighted by molar-refractivity contribution is 7.41. The van der Waals surface area contributed by atoms with Crippen molar-refractivity contribution in [3.05, 3.63) is 28.8 Å². The lowest BCUT2D eigenvalue weighted by molar-refractivity contribution is 0.272. The van der Waals surface area contributed by atoms with Crippen molar-refractivity contribution in [3.63, 3.8) is 0 Å². The van der Waals surface area contributed by atoms with Crippen LogP contribution in [0.1, 0.15) is 44.4 Å². The van der Waals surface area contributed by atoms with Gasteiger partial charge in [-0.15, -0.1) is 0 Å². The predicted octanol–water partition coefficient (Wildman–Crippen LogP) is 4.24. The van der Waals surface area contributed by atoms with E-state index in [0.717, 1.165) is 16.9 Å². The molecule has 1 rings (SSSR count). The van der Waals surface area contributed by atoms with Gasteiger partial charge in [-0.2, -0.15) is 0 Å². The molecule has 1 aromatic carbocycles. The summed E-state index contributed by atoms with van der Waals surface area (Å²) in [7, 11) is -1.85. The first kappa shape index (κ1) is 15.4. The van der Waals surface area contributed by atoms with E-state index in [9.17, 15) is 4.89 Å². The second-order valence-corrected chi connectivity index (χ2v) is 6.37. The zero-order valence-corrected chi connectivity index (χ0v) is 13.0. The van der Waals surface area contributed by atoms with Gasteiger partial charge in [-0.1, -0.05) is 38.5 Å². The second kappa shape index (κ2) is 6.01. The van der Waals surface area contributed by atoms with Crippen LogP contribution in [0.25, 0.3) is 0 Å². The Balaban J connectivity index is 3.16. The minimum atomic E-state index is -1.85. The van der Waals surface area contributed by atoms with Crippen molar-refractivity contribution in [1.82, 2.24) is 0 Å². The minimum absolute atomic E-state index is 0.0332. The molecule has 1 atom stereocenters. The largest absolute Gasteiger partial charge is 0.426 e. The van der Waals surface area contributed by atoms with Crippen LogP contribution in [0.2, 0.25) is 0 Å². The quantitative estimate of drug-likeness (QED) is 0.832. The molecule has 0 aliphatic carbocycles. The molecule has 4 heteroatoms. The van der Waals surface area contributed by atoms with Gasteiger partial charge in [0.1, 0.15) is 5.75 Å². The molecule has 0 aliphatic heterocycles. The Morgan fingerprint density at radius 1 is 1.22 bits per heavy atom. The number of aryl methyl sites for hydroxylation is 2. The smallest absolute Gasteiger partial charge is 0.394 e. The van der Waals surface area contributed by atoms with Gasteiger partial charge in [-0.05, 0) is 31.7 Å². The topological polar surface area (TPSA) is 38.7 Å². The first-order chi connectivity index (χ1) is 8.25. The fourth-order valence-electron chi connectivity index (χ4n) is 1.85. The van der Waals surface area contributed by atoms with Crippen LogP contribution in [0.5, 0.6) is 5.75 Å². The van der Waals surface area contributed by atoms with Gasteiger partial charge in [-0.25, -0.2) is 0 Å². The summed E-state index contributed by atoms with van der Waals surface area (Å²) >= 11 is 0. The standard InChI is InChI=1S/C14H23O3P/c1-7-16-18(15)17-13-11(3)8-10(2)9-12(13)14(4,5)6/h8-9,15H,7H2,1-6H3/t18-/m0/s1. The summed E-state index contributed by atoms with van der Waals surface area (Å²) in [4.78, 5) is 9.71. The Labute approximate surface area is 111 Å². The molecule has 0 aromatic heterocycles. The number of hydrogen-bond acceptors (Lipinski definition) is 3. The van der Waals surface area contributed by atoms with Crippen LogP contribution < -0.4 is 4.52 Å². The number of benzene rings is 1. The lowest BCUT2D eigenvalue weighted by Gasteiger charge is -2.25. The van der Waals surface area contributed by atoms with Gasteiger partial charge >= 0.3 is 8.60 Å². The highest BCUT2D eigenvalue weighted by Gasteiger charge is 2.23. The molecule has 0 bridgehead atoms. The van der Waals surface area contributed by atoms with Crippen LogP contribution in [0, 0.1) is 13.8 Å². The molecule has 0 heterocycles. The average molecular weight is 270 g/mol. The SMILES string of the molecule is CCO[P@](O)Oc1c(C)cc(C)cc1C(C)(C)C. The third kappa shape index (κ3) is 3.94. The first-order valence-corrected chi connectivity index (χ1v) is 7.30. The Hall–Kier alpha value is -0.630. The van der Waals surface area contributed by atoms with Crippen molar-refractivity contribution in [2.24, 2.45) is 0 Å². The van der Waals surface area contributed by atoms with E-state index < -0.39 is 8.60 Å². The third-order valence-corrected chi connectivity index (χ3v) is 3.45. The zero-order chi connectivity index (χ0) is 13.9. The van der Waals surface area contributed by atoms with E-state index in [4.69, 9.17) is 9.05 Å². The monoisotopic (exact) mass is 270 g/mol. The molecule has 0 fully saturated rings. The Bertz CT molecular complexity index is 410. The molecule has 0 saturated carbocycles. The third-order valence-electron chi connectivity index (χ3n) is 2.64. The van der Waals surface area contributed by atoms with E-state index in [2.05, 4.69) is 39.8 Å². The molecule has 0 radical (unpaired) electrons. The Morgan fingerprint density at radius 3 is 2.33 bits per heavy atom. The summed E-state index contributed by atoms with van der Waals surface area (Å²) in [6, 6.07) is 4.16. The molecule has 102 valence electrons. The maximum atomic E-state index is 9.71. The van der Waals surface area contributed by atoms with Crippen molar-refractivity contribution >= 4 is 8.60 Å². The molecule has 0 amide bonds. The van der Waals surface area contributed by atoms with Gasteiger partial charge < -0.3 is 13.9 Å². The average Bonchev–Trinajstić information content (AvgIpc) is 2.20. The summed E-state index contributed by atoms with van der Waals surface area (Å²) in [6.45, 7) is 12.7. The normalized spacial score (nSPS) is 13.5. The van der Waals surface area contributed by atoms with Gasteiger partial charge in [0.15, 0.2) is 0 Å². The van der Waals surface area contributed by atoms with Crippen LogP contribution in [0.15, 0.2) is 12.1 Å². The summed E-state index contributed by atoms with van der Waals surface area (Å²) in [6.07, 6.45) is 0. The lowest BCUT2D eigenvalue weighted by atomic mass is 9.84. The van der Waals surface area contributed by atoms with Crippen LogP contribution >= 0.6 is 8.60 Å². The maximum Gasteiger partial charge on any atom is 0.394 e. The van der Waals surface area contributed by atoms with Gasteiger partial charge in [0, 0.05) is 5.56 Å². The summed E-state index contributed by atoms with van der Waals surface area (Å²) in [5.74, 6) is 0.746. The van der Waals surface area contributed by atoms with Crippen LogP contribution in [-0.2, 0) is 9.94 Å². The minimum Gasteiger partial charge on any atom is -0.426 e. The van der Waals surface area contributed by atoms with Gasteiger partial charge in [-0.3, -0.25) is 0 Å². The van der Waals surface area contributed by atoms with E-state index in [0.29, 0.717) is 6.61 Å². The Morgan fingerprint density at radius 2 is 1.83 bits per heavy atom. The summed E-state index contributed by atoms with van der Waals surface area (Å²) in [5.41, 5.74) is 3.29. The van der Waals surface area contributed by atoms with E-state index in [1.807, 2.05) is 13.8 Å². The van der Waals surface area contributed by atoms with Gasteiger partial charge in [0.05, 0.1) is 6.61 Å². The van der Waals surface area contributed by atoms with Gasteiger partial charge in [0.2, 0.25) is 0 Å². The molecular weight excluding hydrogens is 247 g/mol. The molecule has 0 unspecified atom stereocenters. The highest BCUT2D eigenvalue weighted by atomic mass is 31.2. The van der Waals surface area contributed by atoms with Crippen molar-refractivity contribution < 1.29 is 13.9 Å². The Kier molecular flexibility index (Phi) is 5.15. The van der Waals surface area contributed by atoms with Crippen LogP contribution in [0.4, 0.5) is 0 Å². The van der Waals surface area contributed by atoms with E-state index in [1.165, 1.54) is 5.56 Å². The van der Waals surface area contributed by atoms with E-state index in [1.54, 1.807) is 0 Å².